The zero-order chi connectivity index (χ0) is 52.0. The highest BCUT2D eigenvalue weighted by Gasteiger charge is 2.51. The lowest BCUT2D eigenvalue weighted by atomic mass is 9.84. The number of benzene rings is 1. The van der Waals surface area contributed by atoms with Crippen LogP contribution in [0.2, 0.25) is 5.28 Å². The highest BCUT2D eigenvalue weighted by Crippen LogP contribution is 2.46. The molecule has 1 spiro atoms. The Labute approximate surface area is 431 Å². The molecule has 74 heavy (non-hydrogen) atoms. The molecule has 0 saturated carbocycles. The van der Waals surface area contributed by atoms with E-state index in [4.69, 9.17) is 78.2 Å². The molecule has 4 atom stereocenters. The van der Waals surface area contributed by atoms with Gasteiger partial charge in [-0.2, -0.15) is 15.1 Å². The molecule has 2 saturated heterocycles. The van der Waals surface area contributed by atoms with Crippen LogP contribution in [0.5, 0.6) is 0 Å². The highest BCUT2D eigenvalue weighted by atomic mass is 35.5. The molecule has 4 N–H and O–H groups in total. The Morgan fingerprint density at radius 3 is 2.11 bits per heavy atom. The molecular formula is C46H64ClN8O18P. The first-order valence-corrected chi connectivity index (χ1v) is 26.3. The van der Waals surface area contributed by atoms with Gasteiger partial charge >= 0.3 is 7.60 Å². The van der Waals surface area contributed by atoms with Gasteiger partial charge in [-0.3, -0.25) is 4.57 Å². The molecule has 0 bridgehead atoms. The molecule has 3 aromatic heterocycles. The summed E-state index contributed by atoms with van der Waals surface area (Å²) < 4.78 is 81.0. The van der Waals surface area contributed by atoms with E-state index in [0.717, 1.165) is 28.7 Å². The minimum Gasteiger partial charge on any atom is -0.387 e. The lowest BCUT2D eigenvalue weighted by molar-refractivity contribution is -0.109. The van der Waals surface area contributed by atoms with Crippen molar-refractivity contribution in [3.8, 4) is 11.8 Å². The van der Waals surface area contributed by atoms with E-state index in [1.807, 2.05) is 29.3 Å². The Bertz CT molecular complexity index is 2450. The van der Waals surface area contributed by atoms with Gasteiger partial charge in [-0.1, -0.05) is 23.1 Å². The second-order valence-electron chi connectivity index (χ2n) is 17.0. The summed E-state index contributed by atoms with van der Waals surface area (Å²) in [5.74, 6) is 6.72. The van der Waals surface area contributed by atoms with Gasteiger partial charge in [0.15, 0.2) is 11.9 Å². The summed E-state index contributed by atoms with van der Waals surface area (Å²) in [7, 11) is -4.44. The van der Waals surface area contributed by atoms with Crippen LogP contribution in [0.4, 0.5) is 5.82 Å². The van der Waals surface area contributed by atoms with Gasteiger partial charge in [0, 0.05) is 12.0 Å². The third kappa shape index (κ3) is 17.4. The van der Waals surface area contributed by atoms with Crippen LogP contribution in [0.25, 0.3) is 11.0 Å². The average molecular weight is 1080 g/mol. The molecule has 0 radical (unpaired) electrons. The number of ether oxygens (including phenoxy) is 12. The van der Waals surface area contributed by atoms with Crippen LogP contribution in [0.3, 0.4) is 0 Å². The Hall–Kier alpha value is -4.18. The predicted octanol–water partition coefficient (Wildman–Crippen LogP) is 0.378. The number of nitrogens with zero attached hydrogens (tertiary/aromatic N) is 8. The van der Waals surface area contributed by atoms with E-state index in [-0.39, 0.29) is 24.1 Å². The molecule has 3 aliphatic heterocycles. The fourth-order valence-electron chi connectivity index (χ4n) is 7.96. The quantitative estimate of drug-likeness (QED) is 0.0157. The molecule has 26 nitrogen and oxygen atoms in total. The van der Waals surface area contributed by atoms with Gasteiger partial charge in [0.2, 0.25) is 5.28 Å². The van der Waals surface area contributed by atoms with E-state index in [2.05, 4.69) is 37.2 Å². The van der Waals surface area contributed by atoms with E-state index >= 15 is 0 Å². The average Bonchev–Trinajstić information content (AvgIpc) is 4.17. The molecule has 28 heteroatoms. The monoisotopic (exact) mass is 1080 g/mol. The van der Waals surface area contributed by atoms with E-state index in [0.29, 0.717) is 156 Å². The van der Waals surface area contributed by atoms with E-state index in [9.17, 15) is 19.6 Å². The van der Waals surface area contributed by atoms with Gasteiger partial charge < -0.3 is 86.5 Å². The third-order valence-electron chi connectivity index (χ3n) is 11.5. The van der Waals surface area contributed by atoms with Crippen molar-refractivity contribution in [3.05, 3.63) is 58.3 Å². The zero-order valence-electron chi connectivity index (χ0n) is 40.9. The van der Waals surface area contributed by atoms with Gasteiger partial charge in [0.25, 0.3) is 0 Å². The summed E-state index contributed by atoms with van der Waals surface area (Å²) in [5, 5.41) is 34.4. The SMILES string of the molecule is O=CCCOCCOCCOCCOCCn1cc(COCCOCCOCCOCCOCC#Cc2ccc3c(c2)COC32CN(c3nc(Cl)nc4c3cnn4[C@@H]3O[C@H](COCP(=O)(O)O)[C@@H](O)[C@H]3O)C2)nn1. The summed E-state index contributed by atoms with van der Waals surface area (Å²) in [5.41, 5.74) is 3.35. The first-order valence-electron chi connectivity index (χ1n) is 24.1. The second kappa shape index (κ2) is 29.9. The number of aldehydes is 1. The molecule has 7 rings (SSSR count). The number of hydrogen-bond acceptors (Lipinski definition) is 22. The molecule has 0 amide bonds. The fraction of sp³-hybridized carbons (Fsp3) is 0.652. The number of carbonyl (C=O) groups is 1. The van der Waals surface area contributed by atoms with Gasteiger partial charge in [0.1, 0.15) is 54.7 Å². The molecule has 0 aliphatic carbocycles. The molecule has 408 valence electrons. The number of hydrogen-bond donors (Lipinski definition) is 4. The number of halogens is 1. The summed E-state index contributed by atoms with van der Waals surface area (Å²) in [6.07, 6.45) is -1.44. The fourth-order valence-corrected chi connectivity index (χ4v) is 8.46. The van der Waals surface area contributed by atoms with E-state index < -0.39 is 44.1 Å². The van der Waals surface area contributed by atoms with Crippen molar-refractivity contribution >= 4 is 42.3 Å². The lowest BCUT2D eigenvalue weighted by Gasteiger charge is -2.48. The molecule has 1 aromatic carbocycles. The topological polar surface area (TPSA) is 303 Å². The molecule has 4 aromatic rings. The molecule has 6 heterocycles. The summed E-state index contributed by atoms with van der Waals surface area (Å²) in [6.45, 7) is 9.16. The van der Waals surface area contributed by atoms with Crippen molar-refractivity contribution < 1.29 is 86.2 Å². The maximum atomic E-state index is 11.2. The van der Waals surface area contributed by atoms with Crippen LogP contribution >= 0.6 is 19.2 Å². The van der Waals surface area contributed by atoms with Crippen LogP contribution in [-0.4, -0.2) is 218 Å². The minimum atomic E-state index is -4.44. The van der Waals surface area contributed by atoms with Crippen molar-refractivity contribution in [2.75, 3.05) is 143 Å². The normalized spacial score (nSPS) is 19.1. The second-order valence-corrected chi connectivity index (χ2v) is 18.9. The number of rotatable bonds is 36. The summed E-state index contributed by atoms with van der Waals surface area (Å²) in [6, 6.07) is 6.01. The van der Waals surface area contributed by atoms with Crippen LogP contribution < -0.4 is 4.90 Å². The lowest BCUT2D eigenvalue weighted by Crippen LogP contribution is -2.59. The Balaban J connectivity index is 0.680. The van der Waals surface area contributed by atoms with Crippen LogP contribution in [0.1, 0.15) is 35.0 Å². The van der Waals surface area contributed by atoms with Crippen molar-refractivity contribution in [3.63, 3.8) is 0 Å². The Morgan fingerprint density at radius 2 is 1.45 bits per heavy atom. The summed E-state index contributed by atoms with van der Waals surface area (Å²) >= 11 is 6.38. The van der Waals surface area contributed by atoms with Crippen LogP contribution in [-0.2, 0) is 91.6 Å². The van der Waals surface area contributed by atoms with Crippen LogP contribution in [0, 0.1) is 11.8 Å². The van der Waals surface area contributed by atoms with Crippen LogP contribution in [0.15, 0.2) is 30.6 Å². The predicted molar refractivity (Wildman–Crippen MR) is 258 cm³/mol. The first-order chi connectivity index (χ1) is 36.0. The Morgan fingerprint density at radius 1 is 0.811 bits per heavy atom. The number of carbonyl (C=O) groups excluding carboxylic acids is 1. The Kier molecular flexibility index (Phi) is 23.3. The molecule has 0 unspecified atom stereocenters. The number of anilines is 1. The van der Waals surface area contributed by atoms with Crippen molar-refractivity contribution in [2.45, 2.75) is 56.3 Å². The van der Waals surface area contributed by atoms with E-state index in [1.165, 1.54) is 10.9 Å². The maximum Gasteiger partial charge on any atom is 0.350 e. The number of fused-ring (bicyclic) bond motifs is 3. The highest BCUT2D eigenvalue weighted by molar-refractivity contribution is 7.51. The molecular weight excluding hydrogens is 1020 g/mol. The number of aromatic nitrogens is 7. The van der Waals surface area contributed by atoms with Crippen molar-refractivity contribution in [1.82, 2.24) is 34.7 Å². The van der Waals surface area contributed by atoms with Gasteiger partial charge in [-0.05, 0) is 34.9 Å². The smallest absolute Gasteiger partial charge is 0.350 e. The zero-order valence-corrected chi connectivity index (χ0v) is 42.5. The van der Waals surface area contributed by atoms with Gasteiger partial charge in [0.05, 0.1) is 163 Å². The number of aliphatic hydroxyl groups excluding tert-OH is 2. The van der Waals surface area contributed by atoms with E-state index in [1.54, 1.807) is 4.68 Å². The summed E-state index contributed by atoms with van der Waals surface area (Å²) in [4.78, 5) is 39.2. The standard InChI is InChI=1S/C46H64ClN8O18P/c47-45-49-42(37-26-48-55(43(37)50-45)44-41(58)40(57)39(73-44)30-71-33-74(59,60)61)53-31-46(32-53)38-5-4-34(25-35(38)28-72-46)3-1-8-62-11-14-65-18-20-68-21-22-69-23-24-70-29-36-27-54(52-51-36)6-10-64-13-16-67-19-17-66-15-12-63-9-2-7-56/h4-5,7,25-27,39-41,44,57-58H,2,6,8-24,28-33H2,(H2,59,60,61)/t39-,40-,41-,44-/m1/s1. The van der Waals surface area contributed by atoms with Gasteiger partial charge in [-0.25, -0.2) is 9.36 Å². The first kappa shape index (κ1) is 57.5. The molecule has 3 aliphatic rings. The van der Waals surface area contributed by atoms with Crippen molar-refractivity contribution in [2.24, 2.45) is 0 Å². The van der Waals surface area contributed by atoms with Gasteiger partial charge in [-0.15, -0.1) is 5.10 Å². The molecule has 2 fully saturated rings. The minimum absolute atomic E-state index is 0.0670. The largest absolute Gasteiger partial charge is 0.387 e. The van der Waals surface area contributed by atoms with Crippen molar-refractivity contribution in [1.29, 1.82) is 0 Å². The third-order valence-corrected chi connectivity index (χ3v) is 12.2. The maximum absolute atomic E-state index is 11.2. The number of aliphatic hydroxyl groups is 2.